The van der Waals surface area contributed by atoms with Crippen molar-refractivity contribution in [3.8, 4) is 16.6 Å². The van der Waals surface area contributed by atoms with Gasteiger partial charge in [-0.25, -0.2) is 9.37 Å². The average molecular weight is 340 g/mol. The Balaban J connectivity index is 1.56. The van der Waals surface area contributed by atoms with E-state index in [2.05, 4.69) is 11.1 Å². The van der Waals surface area contributed by atoms with Crippen molar-refractivity contribution in [1.29, 1.82) is 5.26 Å². The Hall–Kier alpha value is -2.16. The molecule has 2 nitrogen and oxygen atoms in total. The van der Waals surface area contributed by atoms with Crippen LogP contribution in [0.1, 0.15) is 16.8 Å². The molecule has 1 aromatic heterocycles. The number of thiazole rings is 1. The van der Waals surface area contributed by atoms with Crippen molar-refractivity contribution in [3.05, 3.63) is 76.5 Å². The largest absolute Gasteiger partial charge is 0.240 e. The maximum Gasteiger partial charge on any atom is 0.123 e. The maximum absolute atomic E-state index is 12.9. The molecule has 5 heteroatoms. The average Bonchev–Trinajstić information content (AvgIpc) is 3.05. The smallest absolute Gasteiger partial charge is 0.123 e. The summed E-state index contributed by atoms with van der Waals surface area (Å²) >= 11 is 3.36. The van der Waals surface area contributed by atoms with Crippen LogP contribution in [0, 0.1) is 17.1 Å². The maximum atomic E-state index is 12.9. The standard InChI is InChI=1S/C18H13FN2S2/c19-16-7-5-15(6-8-16)18-21-17(12-23-18)11-22-10-14-3-1-13(9-20)2-4-14/h1-8,12H,10-11H2. The van der Waals surface area contributed by atoms with Gasteiger partial charge in [-0.1, -0.05) is 12.1 Å². The minimum Gasteiger partial charge on any atom is -0.240 e. The van der Waals surface area contributed by atoms with Crippen molar-refractivity contribution in [1.82, 2.24) is 4.98 Å². The third-order valence-corrected chi connectivity index (χ3v) is 5.22. The van der Waals surface area contributed by atoms with Gasteiger partial charge >= 0.3 is 0 Å². The lowest BCUT2D eigenvalue weighted by Gasteiger charge is -2.00. The van der Waals surface area contributed by atoms with Crippen LogP contribution in [0.4, 0.5) is 4.39 Å². The summed E-state index contributed by atoms with van der Waals surface area (Å²) in [5.41, 5.74) is 3.86. The van der Waals surface area contributed by atoms with Gasteiger partial charge in [-0.15, -0.1) is 11.3 Å². The number of aromatic nitrogens is 1. The molecule has 0 radical (unpaired) electrons. The van der Waals surface area contributed by atoms with E-state index in [4.69, 9.17) is 5.26 Å². The lowest BCUT2D eigenvalue weighted by molar-refractivity contribution is 0.628. The molecule has 0 saturated heterocycles. The van der Waals surface area contributed by atoms with Crippen molar-refractivity contribution in [3.63, 3.8) is 0 Å². The lowest BCUT2D eigenvalue weighted by atomic mass is 10.2. The Morgan fingerprint density at radius 1 is 1.04 bits per heavy atom. The van der Waals surface area contributed by atoms with E-state index >= 15 is 0 Å². The third kappa shape index (κ3) is 4.19. The Kier molecular flexibility index (Phi) is 5.06. The quantitative estimate of drug-likeness (QED) is 0.636. The summed E-state index contributed by atoms with van der Waals surface area (Å²) in [5.74, 6) is 1.48. The molecule has 1 heterocycles. The fourth-order valence-corrected chi connectivity index (χ4v) is 3.87. The molecule has 0 spiro atoms. The summed E-state index contributed by atoms with van der Waals surface area (Å²) in [7, 11) is 0. The number of rotatable bonds is 5. The van der Waals surface area contributed by atoms with Crippen LogP contribution < -0.4 is 0 Å². The highest BCUT2D eigenvalue weighted by Gasteiger charge is 2.05. The number of thioether (sulfide) groups is 1. The molecule has 0 unspecified atom stereocenters. The molecule has 23 heavy (non-hydrogen) atoms. The summed E-state index contributed by atoms with van der Waals surface area (Å²) in [4.78, 5) is 4.60. The molecule has 0 fully saturated rings. The molecular formula is C18H13FN2S2. The number of halogens is 1. The molecule has 0 aliphatic rings. The number of benzene rings is 2. The first-order chi connectivity index (χ1) is 11.2. The molecule has 0 aliphatic carbocycles. The normalized spacial score (nSPS) is 10.4. The van der Waals surface area contributed by atoms with Gasteiger partial charge in [0.1, 0.15) is 10.8 Å². The number of nitrogens with zero attached hydrogens (tertiary/aromatic N) is 2. The van der Waals surface area contributed by atoms with Crippen LogP contribution in [0.3, 0.4) is 0 Å². The van der Waals surface area contributed by atoms with Crippen molar-refractivity contribution in [2.24, 2.45) is 0 Å². The first kappa shape index (κ1) is 15.7. The topological polar surface area (TPSA) is 36.7 Å². The van der Waals surface area contributed by atoms with E-state index in [-0.39, 0.29) is 5.82 Å². The molecule has 0 N–H and O–H groups in total. The molecule has 0 bridgehead atoms. The van der Waals surface area contributed by atoms with Crippen molar-refractivity contribution >= 4 is 23.1 Å². The van der Waals surface area contributed by atoms with E-state index in [1.807, 2.05) is 29.6 Å². The van der Waals surface area contributed by atoms with E-state index in [1.54, 1.807) is 35.2 Å². The van der Waals surface area contributed by atoms with Crippen LogP contribution >= 0.6 is 23.1 Å². The summed E-state index contributed by atoms with van der Waals surface area (Å²) in [6, 6.07) is 16.2. The Bertz CT molecular complexity index is 817. The highest BCUT2D eigenvalue weighted by atomic mass is 32.2. The van der Waals surface area contributed by atoms with Gasteiger partial charge in [0.25, 0.3) is 0 Å². The summed E-state index contributed by atoms with van der Waals surface area (Å²) in [6.45, 7) is 0. The van der Waals surface area contributed by atoms with Crippen molar-refractivity contribution < 1.29 is 4.39 Å². The van der Waals surface area contributed by atoms with E-state index in [9.17, 15) is 4.39 Å². The monoisotopic (exact) mass is 340 g/mol. The predicted octanol–water partition coefficient (Wildman–Crippen LogP) is 5.25. The first-order valence-corrected chi connectivity index (χ1v) is 9.05. The zero-order valence-corrected chi connectivity index (χ0v) is 13.8. The van der Waals surface area contributed by atoms with Gasteiger partial charge < -0.3 is 0 Å². The minimum absolute atomic E-state index is 0.233. The molecule has 0 aliphatic heterocycles. The zero-order valence-electron chi connectivity index (χ0n) is 12.2. The molecule has 0 saturated carbocycles. The van der Waals surface area contributed by atoms with Crippen LogP contribution in [-0.2, 0) is 11.5 Å². The fraction of sp³-hybridized carbons (Fsp3) is 0.111. The fourth-order valence-electron chi connectivity index (χ4n) is 2.05. The Labute approximate surface area is 142 Å². The molecular weight excluding hydrogens is 327 g/mol. The molecule has 3 aromatic rings. The summed E-state index contributed by atoms with van der Waals surface area (Å²) in [5, 5.41) is 11.7. The van der Waals surface area contributed by atoms with Gasteiger partial charge in [-0.2, -0.15) is 17.0 Å². The van der Waals surface area contributed by atoms with Gasteiger partial charge in [0.05, 0.1) is 17.3 Å². The van der Waals surface area contributed by atoms with Crippen LogP contribution in [-0.4, -0.2) is 4.98 Å². The second-order valence-corrected chi connectivity index (χ2v) is 6.80. The molecule has 3 rings (SSSR count). The summed E-state index contributed by atoms with van der Waals surface area (Å²) < 4.78 is 12.9. The van der Waals surface area contributed by atoms with E-state index in [1.165, 1.54) is 17.7 Å². The predicted molar refractivity (Wildman–Crippen MR) is 93.7 cm³/mol. The first-order valence-electron chi connectivity index (χ1n) is 7.02. The van der Waals surface area contributed by atoms with Crippen molar-refractivity contribution in [2.75, 3.05) is 0 Å². The second-order valence-electron chi connectivity index (χ2n) is 4.95. The van der Waals surface area contributed by atoms with Gasteiger partial charge in [-0.3, -0.25) is 0 Å². The van der Waals surface area contributed by atoms with Gasteiger partial charge in [0.2, 0.25) is 0 Å². The molecule has 0 atom stereocenters. The molecule has 114 valence electrons. The number of hydrogen-bond donors (Lipinski definition) is 0. The lowest BCUT2D eigenvalue weighted by Crippen LogP contribution is -1.85. The Morgan fingerprint density at radius 2 is 1.78 bits per heavy atom. The van der Waals surface area contributed by atoms with E-state index < -0.39 is 0 Å². The highest BCUT2D eigenvalue weighted by Crippen LogP contribution is 2.26. The van der Waals surface area contributed by atoms with Gasteiger partial charge in [0.15, 0.2) is 0 Å². The van der Waals surface area contributed by atoms with Crippen LogP contribution in [0.5, 0.6) is 0 Å². The van der Waals surface area contributed by atoms with Crippen LogP contribution in [0.25, 0.3) is 10.6 Å². The molecule has 2 aromatic carbocycles. The van der Waals surface area contributed by atoms with E-state index in [0.29, 0.717) is 5.56 Å². The Morgan fingerprint density at radius 3 is 2.48 bits per heavy atom. The highest BCUT2D eigenvalue weighted by molar-refractivity contribution is 7.97. The molecule has 0 amide bonds. The SMILES string of the molecule is N#Cc1ccc(CSCc2csc(-c3ccc(F)cc3)n2)cc1. The second kappa shape index (κ2) is 7.40. The van der Waals surface area contributed by atoms with Gasteiger partial charge in [-0.05, 0) is 42.0 Å². The minimum atomic E-state index is -0.233. The number of nitriles is 1. The van der Waals surface area contributed by atoms with Crippen LogP contribution in [0.2, 0.25) is 0 Å². The van der Waals surface area contributed by atoms with Gasteiger partial charge in [0, 0.05) is 22.4 Å². The third-order valence-electron chi connectivity index (χ3n) is 3.24. The van der Waals surface area contributed by atoms with E-state index in [0.717, 1.165) is 27.8 Å². The van der Waals surface area contributed by atoms with Crippen molar-refractivity contribution in [2.45, 2.75) is 11.5 Å². The summed E-state index contributed by atoms with van der Waals surface area (Å²) in [6.07, 6.45) is 0. The number of hydrogen-bond acceptors (Lipinski definition) is 4. The zero-order chi connectivity index (χ0) is 16.1. The van der Waals surface area contributed by atoms with Crippen LogP contribution in [0.15, 0.2) is 53.9 Å².